The molecule has 1 amide bonds. The molecule has 2 aromatic rings. The van der Waals surface area contributed by atoms with Gasteiger partial charge in [-0.15, -0.1) is 0 Å². The van der Waals surface area contributed by atoms with Gasteiger partial charge in [-0.1, -0.05) is 11.6 Å². The van der Waals surface area contributed by atoms with Gasteiger partial charge in [-0.05, 0) is 31.0 Å². The van der Waals surface area contributed by atoms with Crippen LogP contribution in [0, 0.1) is 18.3 Å². The quantitative estimate of drug-likeness (QED) is 0.859. The molecule has 1 aromatic carbocycles. The Morgan fingerprint density at radius 1 is 1.53 bits per heavy atom. The predicted octanol–water partition coefficient (Wildman–Crippen LogP) is 1.97. The standard InChI is InChI=1S/C15H15N3O/c1-9-2-3-13-11(6-9)12-7-10(8-14(12)18-13)17-15(19)4-5-16/h2-3,6,10,18H,4,7-8H2,1H3,(H,17,19). The molecular formula is C15H15N3O. The van der Waals surface area contributed by atoms with Crippen molar-refractivity contribution in [3.63, 3.8) is 0 Å². The molecule has 1 aliphatic carbocycles. The first-order chi connectivity index (χ1) is 9.17. The van der Waals surface area contributed by atoms with Crippen molar-refractivity contribution in [3.8, 4) is 6.07 Å². The number of benzene rings is 1. The average molecular weight is 253 g/mol. The lowest BCUT2D eigenvalue weighted by Crippen LogP contribution is -2.35. The van der Waals surface area contributed by atoms with Crippen LogP contribution in [0.4, 0.5) is 0 Å². The number of aromatic nitrogens is 1. The summed E-state index contributed by atoms with van der Waals surface area (Å²) in [5.41, 5.74) is 4.92. The Bertz CT molecular complexity index is 693. The summed E-state index contributed by atoms with van der Waals surface area (Å²) in [6.45, 7) is 2.08. The maximum absolute atomic E-state index is 11.4. The SMILES string of the molecule is Cc1ccc2[nH]c3c(c2c1)CC(NC(=O)CC#N)C3. The third kappa shape index (κ3) is 2.08. The normalized spacial score (nSPS) is 17.2. The molecule has 4 heteroatoms. The number of aromatic amines is 1. The Hall–Kier alpha value is -2.28. The second kappa shape index (κ2) is 4.43. The van der Waals surface area contributed by atoms with Crippen molar-refractivity contribution in [2.45, 2.75) is 32.2 Å². The Labute approximate surface area is 111 Å². The summed E-state index contributed by atoms with van der Waals surface area (Å²) in [7, 11) is 0. The molecule has 1 unspecified atom stereocenters. The Morgan fingerprint density at radius 3 is 3.16 bits per heavy atom. The molecule has 2 N–H and O–H groups in total. The highest BCUT2D eigenvalue weighted by atomic mass is 16.1. The van der Waals surface area contributed by atoms with Crippen LogP contribution in [0.2, 0.25) is 0 Å². The Balaban J connectivity index is 1.83. The third-order valence-electron chi connectivity index (χ3n) is 3.66. The fourth-order valence-corrected chi connectivity index (χ4v) is 2.84. The molecule has 1 aliphatic rings. The fourth-order valence-electron chi connectivity index (χ4n) is 2.84. The van der Waals surface area contributed by atoms with Crippen LogP contribution < -0.4 is 5.32 Å². The van der Waals surface area contributed by atoms with Gasteiger partial charge in [0, 0.05) is 29.1 Å². The molecule has 0 fully saturated rings. The molecule has 1 aromatic heterocycles. The van der Waals surface area contributed by atoms with Crippen molar-refractivity contribution in [1.29, 1.82) is 5.26 Å². The van der Waals surface area contributed by atoms with E-state index in [1.165, 1.54) is 22.2 Å². The van der Waals surface area contributed by atoms with Gasteiger partial charge < -0.3 is 10.3 Å². The molecular weight excluding hydrogens is 238 g/mol. The summed E-state index contributed by atoms with van der Waals surface area (Å²) in [5, 5.41) is 12.7. The van der Waals surface area contributed by atoms with Crippen molar-refractivity contribution >= 4 is 16.8 Å². The molecule has 1 atom stereocenters. The van der Waals surface area contributed by atoms with E-state index in [9.17, 15) is 4.79 Å². The number of H-pyrrole nitrogens is 1. The van der Waals surface area contributed by atoms with Crippen molar-refractivity contribution in [2.24, 2.45) is 0 Å². The lowest BCUT2D eigenvalue weighted by atomic mass is 10.1. The fraction of sp³-hybridized carbons (Fsp3) is 0.333. The minimum absolute atomic E-state index is 0.0652. The zero-order valence-corrected chi connectivity index (χ0v) is 10.8. The van der Waals surface area contributed by atoms with Gasteiger partial charge in [0.05, 0.1) is 6.07 Å². The molecule has 96 valence electrons. The van der Waals surface area contributed by atoms with Gasteiger partial charge in [0.25, 0.3) is 0 Å². The van der Waals surface area contributed by atoms with E-state index in [1.807, 2.05) is 6.07 Å². The topological polar surface area (TPSA) is 68.7 Å². The molecule has 0 aliphatic heterocycles. The predicted molar refractivity (Wildman–Crippen MR) is 72.6 cm³/mol. The molecule has 0 saturated carbocycles. The smallest absolute Gasteiger partial charge is 0.234 e. The largest absolute Gasteiger partial charge is 0.358 e. The summed E-state index contributed by atoms with van der Waals surface area (Å²) >= 11 is 0. The molecule has 0 saturated heterocycles. The van der Waals surface area contributed by atoms with Crippen molar-refractivity contribution in [2.75, 3.05) is 0 Å². The number of nitrogens with one attached hydrogen (secondary N) is 2. The number of hydrogen-bond acceptors (Lipinski definition) is 2. The molecule has 0 radical (unpaired) electrons. The van der Waals surface area contributed by atoms with Crippen LogP contribution in [0.3, 0.4) is 0 Å². The number of carbonyl (C=O) groups is 1. The summed E-state index contributed by atoms with van der Waals surface area (Å²) in [6.07, 6.45) is 1.60. The van der Waals surface area contributed by atoms with Crippen molar-refractivity contribution in [1.82, 2.24) is 10.3 Å². The molecule has 0 bridgehead atoms. The number of aryl methyl sites for hydroxylation is 1. The number of amides is 1. The lowest BCUT2D eigenvalue weighted by molar-refractivity contribution is -0.120. The van der Waals surface area contributed by atoms with Crippen molar-refractivity contribution in [3.05, 3.63) is 35.0 Å². The van der Waals surface area contributed by atoms with E-state index in [1.54, 1.807) is 0 Å². The lowest BCUT2D eigenvalue weighted by Gasteiger charge is -2.10. The zero-order chi connectivity index (χ0) is 13.4. The zero-order valence-electron chi connectivity index (χ0n) is 10.8. The van der Waals surface area contributed by atoms with E-state index in [0.29, 0.717) is 0 Å². The minimum atomic E-state index is -0.182. The molecule has 3 rings (SSSR count). The van der Waals surface area contributed by atoms with Gasteiger partial charge in [0.15, 0.2) is 0 Å². The van der Waals surface area contributed by atoms with Crippen LogP contribution in [0.25, 0.3) is 10.9 Å². The molecule has 0 spiro atoms. The first-order valence-electron chi connectivity index (χ1n) is 6.44. The second-order valence-electron chi connectivity index (χ2n) is 5.14. The Morgan fingerprint density at radius 2 is 2.37 bits per heavy atom. The van der Waals surface area contributed by atoms with E-state index in [2.05, 4.69) is 35.4 Å². The van der Waals surface area contributed by atoms with E-state index >= 15 is 0 Å². The highest BCUT2D eigenvalue weighted by molar-refractivity contribution is 5.86. The minimum Gasteiger partial charge on any atom is -0.358 e. The van der Waals surface area contributed by atoms with Gasteiger partial charge in [-0.25, -0.2) is 0 Å². The monoisotopic (exact) mass is 253 g/mol. The molecule has 1 heterocycles. The highest BCUT2D eigenvalue weighted by Gasteiger charge is 2.26. The number of rotatable bonds is 2. The summed E-state index contributed by atoms with van der Waals surface area (Å²) in [6, 6.07) is 8.38. The first kappa shape index (κ1) is 11.8. The number of fused-ring (bicyclic) bond motifs is 3. The van der Waals surface area contributed by atoms with Crippen molar-refractivity contribution < 1.29 is 4.79 Å². The van der Waals surface area contributed by atoms with E-state index in [4.69, 9.17) is 5.26 Å². The van der Waals surface area contributed by atoms with Crippen LogP contribution in [0.15, 0.2) is 18.2 Å². The van der Waals surface area contributed by atoms with Crippen LogP contribution in [-0.4, -0.2) is 16.9 Å². The first-order valence-corrected chi connectivity index (χ1v) is 6.44. The van der Waals surface area contributed by atoms with E-state index < -0.39 is 0 Å². The molecule has 19 heavy (non-hydrogen) atoms. The van der Waals surface area contributed by atoms with E-state index in [0.717, 1.165) is 18.4 Å². The average Bonchev–Trinajstić information content (AvgIpc) is 2.87. The van der Waals surface area contributed by atoms with Gasteiger partial charge in [-0.2, -0.15) is 5.26 Å². The maximum atomic E-state index is 11.4. The van der Waals surface area contributed by atoms with Gasteiger partial charge in [-0.3, -0.25) is 4.79 Å². The number of nitrogens with zero attached hydrogens (tertiary/aromatic N) is 1. The number of carbonyl (C=O) groups excluding carboxylic acids is 1. The number of nitriles is 1. The highest BCUT2D eigenvalue weighted by Crippen LogP contribution is 2.30. The van der Waals surface area contributed by atoms with Gasteiger partial charge in [0.1, 0.15) is 6.42 Å². The van der Waals surface area contributed by atoms with Gasteiger partial charge >= 0.3 is 0 Å². The second-order valence-corrected chi connectivity index (χ2v) is 5.14. The van der Waals surface area contributed by atoms with E-state index in [-0.39, 0.29) is 18.4 Å². The van der Waals surface area contributed by atoms with Crippen LogP contribution in [0.1, 0.15) is 23.2 Å². The summed E-state index contributed by atoms with van der Waals surface area (Å²) in [4.78, 5) is 14.9. The summed E-state index contributed by atoms with van der Waals surface area (Å²) in [5.74, 6) is -0.182. The van der Waals surface area contributed by atoms with Crippen LogP contribution in [0.5, 0.6) is 0 Å². The van der Waals surface area contributed by atoms with Gasteiger partial charge in [0.2, 0.25) is 5.91 Å². The van der Waals surface area contributed by atoms with Crippen LogP contribution >= 0.6 is 0 Å². The molecule has 4 nitrogen and oxygen atoms in total. The van der Waals surface area contributed by atoms with Crippen LogP contribution in [-0.2, 0) is 17.6 Å². The Kier molecular flexibility index (Phi) is 2.75. The number of hydrogen-bond donors (Lipinski definition) is 2. The maximum Gasteiger partial charge on any atom is 0.234 e. The summed E-state index contributed by atoms with van der Waals surface area (Å²) < 4.78 is 0. The third-order valence-corrected chi connectivity index (χ3v) is 3.66.